The third-order valence-electron chi connectivity index (χ3n) is 1.73. The Balaban J connectivity index is 2.65. The Hall–Kier alpha value is -0.950. The Morgan fingerprint density at radius 1 is 1.20 bits per heavy atom. The summed E-state index contributed by atoms with van der Waals surface area (Å²) >= 11 is 4.84. The molecule has 0 aromatic heterocycles. The van der Waals surface area contributed by atoms with Gasteiger partial charge in [0.1, 0.15) is 0 Å². The molecule has 0 unspecified atom stereocenters. The summed E-state index contributed by atoms with van der Waals surface area (Å²) in [5.41, 5.74) is 3.76. The van der Waals surface area contributed by atoms with Gasteiger partial charge in [-0.25, -0.2) is 0 Å². The fourth-order valence-corrected chi connectivity index (χ4v) is 1.32. The monoisotopic (exact) mass is 146 g/mol. The predicted molar refractivity (Wildman–Crippen MR) is 48.1 cm³/mol. The highest BCUT2D eigenvalue weighted by Gasteiger charge is 2.06. The molecular weight excluding hydrogens is 140 g/mol. The number of hydrogen-bond acceptors (Lipinski definition) is 1. The van der Waals surface area contributed by atoms with Crippen LogP contribution in [0.1, 0.15) is 16.7 Å². The van der Waals surface area contributed by atoms with E-state index in [1.807, 2.05) is 12.1 Å². The van der Waals surface area contributed by atoms with Crippen LogP contribution >= 0.6 is 12.2 Å². The first-order valence-electron chi connectivity index (χ1n) is 3.18. The van der Waals surface area contributed by atoms with Gasteiger partial charge in [-0.2, -0.15) is 0 Å². The second-order valence-electron chi connectivity index (χ2n) is 2.30. The van der Waals surface area contributed by atoms with Crippen molar-refractivity contribution in [2.75, 3.05) is 0 Å². The minimum atomic E-state index is 1.16. The van der Waals surface area contributed by atoms with Crippen molar-refractivity contribution in [1.82, 2.24) is 0 Å². The molecule has 0 N–H and O–H groups in total. The topological polar surface area (TPSA) is 0 Å². The molecule has 10 heavy (non-hydrogen) atoms. The summed E-state index contributed by atoms with van der Waals surface area (Å²) in [6.45, 7) is 0. The molecule has 1 aliphatic carbocycles. The van der Waals surface area contributed by atoms with Crippen molar-refractivity contribution < 1.29 is 0 Å². The van der Waals surface area contributed by atoms with Gasteiger partial charge >= 0.3 is 0 Å². The summed E-state index contributed by atoms with van der Waals surface area (Å²) in [5.74, 6) is 0. The second kappa shape index (κ2) is 2.03. The van der Waals surface area contributed by atoms with Crippen molar-refractivity contribution in [3.05, 3.63) is 34.9 Å². The molecule has 0 heterocycles. The van der Waals surface area contributed by atoms with Gasteiger partial charge in [-0.3, -0.25) is 0 Å². The van der Waals surface area contributed by atoms with Gasteiger partial charge in [-0.15, -0.1) is 0 Å². The van der Waals surface area contributed by atoms with Crippen LogP contribution in [0.15, 0.2) is 18.2 Å². The summed E-state index contributed by atoms with van der Waals surface area (Å²) in [6.07, 6.45) is 4.19. The van der Waals surface area contributed by atoms with Crippen molar-refractivity contribution in [3.8, 4) is 0 Å². The Labute approximate surface area is 65.2 Å². The molecule has 0 fully saturated rings. The van der Waals surface area contributed by atoms with E-state index in [-0.39, 0.29) is 0 Å². The van der Waals surface area contributed by atoms with Crippen molar-refractivity contribution in [1.29, 1.82) is 0 Å². The van der Waals surface area contributed by atoms with Crippen LogP contribution in [-0.4, -0.2) is 5.37 Å². The minimum Gasteiger partial charge on any atom is -0.0881 e. The number of hydrogen-bond donors (Lipinski definition) is 0. The average molecular weight is 146 g/mol. The van der Waals surface area contributed by atoms with Gasteiger partial charge in [-0.1, -0.05) is 42.6 Å². The number of thiocarbonyl (C=S) groups is 1. The minimum absolute atomic E-state index is 1.16. The lowest BCUT2D eigenvalue weighted by molar-refractivity contribution is 1.56. The van der Waals surface area contributed by atoms with Gasteiger partial charge in [0.15, 0.2) is 0 Å². The lowest BCUT2D eigenvalue weighted by Crippen LogP contribution is -1.94. The third-order valence-corrected chi connectivity index (χ3v) is 1.98. The molecule has 0 amide bonds. The molecule has 0 atom stereocenters. The molecule has 1 aromatic carbocycles. The fraction of sp³-hybridized carbons (Fsp3) is 0. The smallest absolute Gasteiger partial charge is 0.00923 e. The zero-order chi connectivity index (χ0) is 6.97. The molecule has 1 aliphatic rings. The molecule has 2 rings (SSSR count). The number of benzene rings is 1. The van der Waals surface area contributed by atoms with Gasteiger partial charge < -0.3 is 0 Å². The highest BCUT2D eigenvalue weighted by Crippen LogP contribution is 2.25. The van der Waals surface area contributed by atoms with Crippen LogP contribution in [0.3, 0.4) is 0 Å². The van der Waals surface area contributed by atoms with E-state index in [1.165, 1.54) is 11.1 Å². The van der Waals surface area contributed by atoms with E-state index in [4.69, 9.17) is 12.2 Å². The van der Waals surface area contributed by atoms with Gasteiger partial charge in [-0.05, 0) is 16.7 Å². The highest BCUT2D eigenvalue weighted by molar-refractivity contribution is 7.79. The van der Waals surface area contributed by atoms with E-state index in [9.17, 15) is 0 Å². The predicted octanol–water partition coefficient (Wildman–Crippen LogP) is 2.52. The zero-order valence-electron chi connectivity index (χ0n) is 5.37. The van der Waals surface area contributed by atoms with Crippen molar-refractivity contribution in [2.45, 2.75) is 0 Å². The van der Waals surface area contributed by atoms with Gasteiger partial charge in [0.25, 0.3) is 0 Å². The van der Waals surface area contributed by atoms with E-state index in [2.05, 4.69) is 18.2 Å². The molecule has 1 heteroatoms. The Kier molecular flexibility index (Phi) is 1.18. The van der Waals surface area contributed by atoms with Crippen molar-refractivity contribution >= 4 is 29.7 Å². The lowest BCUT2D eigenvalue weighted by atomic mass is 9.94. The van der Waals surface area contributed by atoms with Crippen LogP contribution < -0.4 is 0 Å². The third kappa shape index (κ3) is 0.642. The average Bonchev–Trinajstić information content (AvgIpc) is 1.91. The molecule has 0 saturated carbocycles. The maximum Gasteiger partial charge on any atom is 0.00923 e. The van der Waals surface area contributed by atoms with Gasteiger partial charge in [0.05, 0.1) is 0 Å². The molecule has 0 spiro atoms. The first-order chi connectivity index (χ1) is 4.92. The molecule has 1 aromatic rings. The Bertz CT molecular complexity index is 311. The zero-order valence-corrected chi connectivity index (χ0v) is 6.19. The van der Waals surface area contributed by atoms with Crippen LogP contribution in [0.25, 0.3) is 12.2 Å². The second-order valence-corrected chi connectivity index (χ2v) is 2.54. The van der Waals surface area contributed by atoms with Crippen LogP contribution in [0.4, 0.5) is 0 Å². The Morgan fingerprint density at radius 3 is 2.60 bits per heavy atom. The van der Waals surface area contributed by atoms with Crippen LogP contribution in [-0.2, 0) is 0 Å². The van der Waals surface area contributed by atoms with Crippen molar-refractivity contribution in [2.24, 2.45) is 0 Å². The van der Waals surface area contributed by atoms with Crippen LogP contribution in [0.5, 0.6) is 0 Å². The van der Waals surface area contributed by atoms with Crippen molar-refractivity contribution in [3.63, 3.8) is 0 Å². The lowest BCUT2D eigenvalue weighted by Gasteiger charge is -2.11. The number of fused-ring (bicyclic) bond motifs is 1. The first-order valence-corrected chi connectivity index (χ1v) is 3.65. The maximum absolute atomic E-state index is 4.84. The molecule has 48 valence electrons. The molecule has 0 saturated heterocycles. The fourth-order valence-electron chi connectivity index (χ4n) is 1.12. The van der Waals surface area contributed by atoms with E-state index < -0.39 is 0 Å². The largest absolute Gasteiger partial charge is 0.0881 e. The summed E-state index contributed by atoms with van der Waals surface area (Å²) in [6, 6.07) is 6.16. The van der Waals surface area contributed by atoms with E-state index in [0.29, 0.717) is 0 Å². The summed E-state index contributed by atoms with van der Waals surface area (Å²) in [5, 5.41) is 1.72. The number of rotatable bonds is 1. The molecule has 0 nitrogen and oxygen atoms in total. The SMILES string of the molecule is S=Cc1cccc2c1C=C2. The summed E-state index contributed by atoms with van der Waals surface area (Å²) in [4.78, 5) is 0. The van der Waals surface area contributed by atoms with E-state index in [1.54, 1.807) is 5.37 Å². The Morgan fingerprint density at radius 2 is 2.10 bits per heavy atom. The molecule has 0 aliphatic heterocycles. The molecule has 0 radical (unpaired) electrons. The van der Waals surface area contributed by atoms with E-state index in [0.717, 1.165) is 5.56 Å². The standard InChI is InChI=1S/C9H6S/c10-6-8-3-1-2-7-4-5-9(7)8/h1-6H. The quantitative estimate of drug-likeness (QED) is 0.557. The molecular formula is C9H6S. The maximum atomic E-state index is 4.84. The van der Waals surface area contributed by atoms with E-state index >= 15 is 0 Å². The van der Waals surface area contributed by atoms with Crippen LogP contribution in [0, 0.1) is 0 Å². The highest BCUT2D eigenvalue weighted by atomic mass is 32.1. The normalized spacial score (nSPS) is 12.0. The molecule has 0 bridgehead atoms. The summed E-state index contributed by atoms with van der Waals surface area (Å²) in [7, 11) is 0. The van der Waals surface area contributed by atoms with Gasteiger partial charge in [0, 0.05) is 5.37 Å². The van der Waals surface area contributed by atoms with Crippen LogP contribution in [0.2, 0.25) is 0 Å². The van der Waals surface area contributed by atoms with Gasteiger partial charge in [0.2, 0.25) is 0 Å². The first kappa shape index (κ1) is 5.81. The summed E-state index contributed by atoms with van der Waals surface area (Å²) < 4.78 is 0.